The summed E-state index contributed by atoms with van der Waals surface area (Å²) >= 11 is 0. The minimum Gasteiger partial charge on any atom is -0.456 e. The van der Waals surface area contributed by atoms with Gasteiger partial charge in [-0.1, -0.05) is 25.1 Å². The Hall–Kier alpha value is -3.60. The van der Waals surface area contributed by atoms with E-state index in [0.717, 1.165) is 62.1 Å². The lowest BCUT2D eigenvalue weighted by molar-refractivity contribution is -0.133. The molecule has 0 radical (unpaired) electrons. The second kappa shape index (κ2) is 9.49. The molecule has 170 valence electrons. The molecule has 1 heterocycles. The van der Waals surface area contributed by atoms with E-state index >= 15 is 0 Å². The number of ether oxygens (including phenoxy) is 1. The number of fused-ring (bicyclic) bond motifs is 2. The third-order valence-electron chi connectivity index (χ3n) is 5.75. The highest BCUT2D eigenvalue weighted by Gasteiger charge is 2.22. The zero-order chi connectivity index (χ0) is 23.5. The van der Waals surface area contributed by atoms with Gasteiger partial charge in [-0.2, -0.15) is 0 Å². The van der Waals surface area contributed by atoms with Crippen LogP contribution in [0.5, 0.6) is 5.75 Å². The van der Waals surface area contributed by atoms with Crippen LogP contribution in [0.3, 0.4) is 0 Å². The molecule has 4 rings (SSSR count). The van der Waals surface area contributed by atoms with Gasteiger partial charge in [-0.25, -0.2) is 0 Å². The van der Waals surface area contributed by atoms with Crippen LogP contribution in [0.4, 0.5) is 5.69 Å². The smallest absolute Gasteiger partial charge is 0.310 e. The fourth-order valence-corrected chi connectivity index (χ4v) is 4.16. The molecule has 0 bridgehead atoms. The van der Waals surface area contributed by atoms with E-state index in [0.29, 0.717) is 18.7 Å². The molecular weight excluding hydrogens is 412 g/mol. The minimum atomic E-state index is -0.262. The number of aryl methyl sites for hydroxylation is 2. The van der Waals surface area contributed by atoms with Crippen molar-refractivity contribution in [1.82, 2.24) is 0 Å². The molecule has 5 nitrogen and oxygen atoms in total. The third-order valence-corrected chi connectivity index (χ3v) is 5.75. The van der Waals surface area contributed by atoms with Crippen LogP contribution in [0.2, 0.25) is 0 Å². The van der Waals surface area contributed by atoms with Crippen LogP contribution < -0.4 is 15.4 Å². The Bertz CT molecular complexity index is 1370. The Morgan fingerprint density at radius 3 is 2.52 bits per heavy atom. The van der Waals surface area contributed by atoms with Crippen molar-refractivity contribution < 1.29 is 13.9 Å². The molecule has 0 unspecified atom stereocenters. The van der Waals surface area contributed by atoms with Gasteiger partial charge >= 0.3 is 5.97 Å². The number of esters is 1. The number of anilines is 1. The van der Waals surface area contributed by atoms with Crippen LogP contribution >= 0.6 is 0 Å². The number of para-hydroxylation sites is 1. The van der Waals surface area contributed by atoms with Gasteiger partial charge in [0.15, 0.2) is 0 Å². The van der Waals surface area contributed by atoms with E-state index in [1.807, 2.05) is 43.3 Å². The maximum atomic E-state index is 12.2. The first kappa shape index (κ1) is 22.6. The molecule has 0 aromatic heterocycles. The molecule has 0 atom stereocenters. The Morgan fingerprint density at radius 2 is 1.79 bits per heavy atom. The summed E-state index contributed by atoms with van der Waals surface area (Å²) in [5, 5.41) is 5.31. The molecule has 2 aliphatic rings. The molecule has 1 aliphatic heterocycles. The standard InChI is InChI=1S/C28H30N2O3/c1-6-27(31)33-24-12-10-9-11-19(24)28-20-13-17(4)22(29-7-2)15-25(20)32-26-16-23(30-8-3)18(5)14-21(26)28/h9-16,29H,6-8H2,1-5H3/b30-23+. The Morgan fingerprint density at radius 1 is 1.00 bits per heavy atom. The number of carbonyl (C=O) groups is 1. The summed E-state index contributed by atoms with van der Waals surface area (Å²) in [6, 6.07) is 16.0. The van der Waals surface area contributed by atoms with E-state index in [1.54, 1.807) is 6.92 Å². The topological polar surface area (TPSA) is 63.8 Å². The molecule has 1 aliphatic carbocycles. The van der Waals surface area contributed by atoms with E-state index in [4.69, 9.17) is 9.15 Å². The van der Waals surface area contributed by atoms with Crippen LogP contribution in [-0.4, -0.2) is 19.1 Å². The minimum absolute atomic E-state index is 0.262. The summed E-state index contributed by atoms with van der Waals surface area (Å²) in [7, 11) is 0. The normalized spacial score (nSPS) is 11.8. The maximum Gasteiger partial charge on any atom is 0.310 e. The second-order valence-corrected chi connectivity index (χ2v) is 8.10. The number of benzene rings is 3. The lowest BCUT2D eigenvalue weighted by atomic mass is 9.91. The first-order chi connectivity index (χ1) is 16.0. The Balaban J connectivity index is 2.13. The Kier molecular flexibility index (Phi) is 6.50. The molecule has 2 aromatic rings. The van der Waals surface area contributed by atoms with E-state index in [9.17, 15) is 4.79 Å². The predicted molar refractivity (Wildman–Crippen MR) is 134 cm³/mol. The van der Waals surface area contributed by atoms with Crippen molar-refractivity contribution in [3.63, 3.8) is 0 Å². The zero-order valence-corrected chi connectivity index (χ0v) is 19.9. The highest BCUT2D eigenvalue weighted by Crippen LogP contribution is 2.44. The van der Waals surface area contributed by atoms with Crippen molar-refractivity contribution in [2.45, 2.75) is 41.0 Å². The van der Waals surface area contributed by atoms with Gasteiger partial charge in [-0.05, 0) is 57.0 Å². The number of nitrogens with zero attached hydrogens (tertiary/aromatic N) is 1. The average Bonchev–Trinajstić information content (AvgIpc) is 2.80. The molecule has 0 saturated carbocycles. The first-order valence-electron chi connectivity index (χ1n) is 11.5. The summed E-state index contributed by atoms with van der Waals surface area (Å²) in [5.41, 5.74) is 6.81. The second-order valence-electron chi connectivity index (χ2n) is 8.10. The van der Waals surface area contributed by atoms with Crippen molar-refractivity contribution in [3.8, 4) is 28.2 Å². The largest absolute Gasteiger partial charge is 0.456 e. The highest BCUT2D eigenvalue weighted by molar-refractivity contribution is 6.04. The SMILES string of the molecule is CC/N=c1\cc2oc3cc(NCC)c(C)cc3c(-c3ccccc3OC(=O)CC)c-2cc1C. The van der Waals surface area contributed by atoms with Crippen LogP contribution in [0.1, 0.15) is 38.3 Å². The van der Waals surface area contributed by atoms with Crippen molar-refractivity contribution >= 4 is 22.6 Å². The number of hydrogen-bond donors (Lipinski definition) is 1. The number of carbonyl (C=O) groups excluding carboxylic acids is 1. The molecular formula is C28H30N2O3. The molecule has 5 heteroatoms. The fourth-order valence-electron chi connectivity index (χ4n) is 4.16. The van der Waals surface area contributed by atoms with Gasteiger partial charge in [-0.3, -0.25) is 9.79 Å². The molecule has 1 N–H and O–H groups in total. The van der Waals surface area contributed by atoms with Gasteiger partial charge in [0.25, 0.3) is 0 Å². The van der Waals surface area contributed by atoms with Gasteiger partial charge in [0, 0.05) is 59.4 Å². The number of hydrogen-bond acceptors (Lipinski definition) is 5. The zero-order valence-electron chi connectivity index (χ0n) is 19.9. The van der Waals surface area contributed by atoms with Crippen molar-refractivity contribution in [1.29, 1.82) is 0 Å². The highest BCUT2D eigenvalue weighted by atomic mass is 16.5. The van der Waals surface area contributed by atoms with Gasteiger partial charge in [-0.15, -0.1) is 0 Å². The van der Waals surface area contributed by atoms with Crippen molar-refractivity contribution in [2.24, 2.45) is 4.99 Å². The van der Waals surface area contributed by atoms with Gasteiger partial charge in [0.05, 0.1) is 5.36 Å². The first-order valence-corrected chi connectivity index (χ1v) is 11.5. The monoisotopic (exact) mass is 442 g/mol. The summed E-state index contributed by atoms with van der Waals surface area (Å²) < 4.78 is 12.2. The van der Waals surface area contributed by atoms with E-state index < -0.39 is 0 Å². The summed E-state index contributed by atoms with van der Waals surface area (Å²) in [6.07, 6.45) is 0.312. The van der Waals surface area contributed by atoms with Crippen LogP contribution in [-0.2, 0) is 4.79 Å². The molecule has 0 amide bonds. The van der Waals surface area contributed by atoms with Crippen LogP contribution in [0, 0.1) is 13.8 Å². The molecule has 2 aromatic carbocycles. The summed E-state index contributed by atoms with van der Waals surface area (Å²) in [5.74, 6) is 1.03. The molecule has 0 fully saturated rings. The predicted octanol–water partition coefficient (Wildman–Crippen LogP) is 6.49. The Labute approximate surface area is 194 Å². The molecule has 0 saturated heterocycles. The van der Waals surface area contributed by atoms with E-state index in [2.05, 4.69) is 43.2 Å². The summed E-state index contributed by atoms with van der Waals surface area (Å²) in [4.78, 5) is 16.8. The quantitative estimate of drug-likeness (QED) is 0.211. The maximum absolute atomic E-state index is 12.2. The number of nitrogens with one attached hydrogen (secondary N) is 1. The van der Waals surface area contributed by atoms with Crippen LogP contribution in [0.25, 0.3) is 33.4 Å². The van der Waals surface area contributed by atoms with Crippen molar-refractivity contribution in [2.75, 3.05) is 18.4 Å². The van der Waals surface area contributed by atoms with Gasteiger partial charge in [0.1, 0.15) is 17.1 Å². The van der Waals surface area contributed by atoms with Gasteiger partial charge in [0.2, 0.25) is 0 Å². The fraction of sp³-hybridized carbons (Fsp3) is 0.286. The van der Waals surface area contributed by atoms with Crippen LogP contribution in [0.15, 0.2) is 57.9 Å². The van der Waals surface area contributed by atoms with E-state index in [-0.39, 0.29) is 5.97 Å². The lowest BCUT2D eigenvalue weighted by Gasteiger charge is -2.19. The molecule has 0 spiro atoms. The number of rotatable bonds is 6. The van der Waals surface area contributed by atoms with Crippen molar-refractivity contribution in [3.05, 3.63) is 65.0 Å². The molecule has 33 heavy (non-hydrogen) atoms. The summed E-state index contributed by atoms with van der Waals surface area (Å²) in [6.45, 7) is 11.6. The third kappa shape index (κ3) is 4.36. The van der Waals surface area contributed by atoms with E-state index in [1.165, 1.54) is 0 Å². The lowest BCUT2D eigenvalue weighted by Crippen LogP contribution is -2.10. The average molecular weight is 443 g/mol. The van der Waals surface area contributed by atoms with Gasteiger partial charge < -0.3 is 14.5 Å².